The van der Waals surface area contributed by atoms with Crippen LogP contribution in [0.3, 0.4) is 0 Å². The van der Waals surface area contributed by atoms with Gasteiger partial charge in [0.2, 0.25) is 0 Å². The standard InChI is InChI=1S/C16H20N2O3/c1-10(2)11(3)9-17-12(4)18-14-7-6-13(16(19)20)8-15(14)21-5/h6-9H,1H2,2-5H3,(H,17,18)(H,19,20)/b11-9-. The molecule has 1 aromatic carbocycles. The number of hydrogen-bond acceptors (Lipinski definition) is 3. The molecular weight excluding hydrogens is 268 g/mol. The summed E-state index contributed by atoms with van der Waals surface area (Å²) in [7, 11) is 1.49. The third-order valence-electron chi connectivity index (χ3n) is 2.89. The van der Waals surface area contributed by atoms with Gasteiger partial charge in [-0.3, -0.25) is 0 Å². The minimum Gasteiger partial charge on any atom is -0.495 e. The van der Waals surface area contributed by atoms with Gasteiger partial charge in [-0.25, -0.2) is 9.79 Å². The van der Waals surface area contributed by atoms with Gasteiger partial charge in [0.15, 0.2) is 0 Å². The highest BCUT2D eigenvalue weighted by atomic mass is 16.5. The number of carboxylic acid groups (broad SMARTS) is 1. The zero-order valence-electron chi connectivity index (χ0n) is 12.7. The third kappa shape index (κ3) is 4.80. The summed E-state index contributed by atoms with van der Waals surface area (Å²) in [6.07, 6.45) is 1.72. The molecule has 0 aliphatic rings. The maximum absolute atomic E-state index is 10.9. The molecular formula is C16H20N2O3. The molecule has 0 atom stereocenters. The lowest BCUT2D eigenvalue weighted by atomic mass is 10.2. The SMILES string of the molecule is C=C(C)/C(C)=C\N=C(C)Nc1ccc(C(=O)O)cc1OC. The minimum atomic E-state index is -0.995. The molecule has 0 aliphatic carbocycles. The molecule has 0 fully saturated rings. The number of anilines is 1. The molecule has 1 aromatic rings. The summed E-state index contributed by atoms with van der Waals surface area (Å²) in [6, 6.07) is 4.62. The molecule has 112 valence electrons. The predicted molar refractivity (Wildman–Crippen MR) is 85.3 cm³/mol. The number of allylic oxidation sites excluding steroid dienone is 2. The van der Waals surface area contributed by atoms with Gasteiger partial charge in [-0.05, 0) is 44.5 Å². The summed E-state index contributed by atoms with van der Waals surface area (Å²) in [6.45, 7) is 9.50. The van der Waals surface area contributed by atoms with Crippen LogP contribution in [-0.2, 0) is 0 Å². The van der Waals surface area contributed by atoms with E-state index in [1.54, 1.807) is 12.3 Å². The largest absolute Gasteiger partial charge is 0.495 e. The van der Waals surface area contributed by atoms with E-state index in [0.717, 1.165) is 11.1 Å². The fourth-order valence-corrected chi connectivity index (χ4v) is 1.46. The monoisotopic (exact) mass is 288 g/mol. The van der Waals surface area contributed by atoms with Gasteiger partial charge < -0.3 is 15.2 Å². The van der Waals surface area contributed by atoms with E-state index in [2.05, 4.69) is 16.9 Å². The van der Waals surface area contributed by atoms with Crippen molar-refractivity contribution < 1.29 is 14.6 Å². The number of hydrogen-bond donors (Lipinski definition) is 2. The Bertz CT molecular complexity index is 616. The van der Waals surface area contributed by atoms with Crippen LogP contribution in [-0.4, -0.2) is 24.0 Å². The highest BCUT2D eigenvalue weighted by Crippen LogP contribution is 2.25. The van der Waals surface area contributed by atoms with E-state index in [-0.39, 0.29) is 5.56 Å². The van der Waals surface area contributed by atoms with Gasteiger partial charge in [0, 0.05) is 6.20 Å². The lowest BCUT2D eigenvalue weighted by molar-refractivity contribution is 0.0696. The van der Waals surface area contributed by atoms with Crippen LogP contribution in [0.25, 0.3) is 0 Å². The van der Waals surface area contributed by atoms with Crippen LogP contribution < -0.4 is 10.1 Å². The van der Waals surface area contributed by atoms with Gasteiger partial charge >= 0.3 is 5.97 Å². The normalized spacial score (nSPS) is 12.0. The number of nitrogens with zero attached hydrogens (tertiary/aromatic N) is 1. The zero-order valence-corrected chi connectivity index (χ0v) is 12.7. The molecule has 21 heavy (non-hydrogen) atoms. The Morgan fingerprint density at radius 1 is 1.38 bits per heavy atom. The minimum absolute atomic E-state index is 0.171. The van der Waals surface area contributed by atoms with Crippen LogP contribution in [0.15, 0.2) is 47.1 Å². The third-order valence-corrected chi connectivity index (χ3v) is 2.89. The Morgan fingerprint density at radius 3 is 2.57 bits per heavy atom. The Morgan fingerprint density at radius 2 is 2.05 bits per heavy atom. The van der Waals surface area contributed by atoms with Crippen LogP contribution >= 0.6 is 0 Å². The second-order valence-electron chi connectivity index (χ2n) is 4.65. The van der Waals surface area contributed by atoms with E-state index >= 15 is 0 Å². The quantitative estimate of drug-likeness (QED) is 0.492. The topological polar surface area (TPSA) is 70.9 Å². The number of carbonyl (C=O) groups is 1. The molecule has 5 heteroatoms. The van der Waals surface area contributed by atoms with Gasteiger partial charge in [-0.2, -0.15) is 0 Å². The van der Waals surface area contributed by atoms with Crippen molar-refractivity contribution in [3.05, 3.63) is 47.7 Å². The number of ether oxygens (including phenoxy) is 1. The smallest absolute Gasteiger partial charge is 0.335 e. The van der Waals surface area contributed by atoms with Crippen molar-refractivity contribution in [2.75, 3.05) is 12.4 Å². The molecule has 1 rings (SSSR count). The van der Waals surface area contributed by atoms with E-state index in [1.165, 1.54) is 19.2 Å². The Labute approximate surface area is 124 Å². The number of benzene rings is 1. The second kappa shape index (κ2) is 7.28. The van der Waals surface area contributed by atoms with E-state index < -0.39 is 5.97 Å². The Kier molecular flexibility index (Phi) is 5.72. The van der Waals surface area contributed by atoms with Crippen LogP contribution in [0, 0.1) is 0 Å². The highest BCUT2D eigenvalue weighted by molar-refractivity contribution is 5.96. The second-order valence-corrected chi connectivity index (χ2v) is 4.65. The van der Waals surface area contributed by atoms with E-state index in [0.29, 0.717) is 17.3 Å². The van der Waals surface area contributed by atoms with Crippen molar-refractivity contribution in [2.45, 2.75) is 20.8 Å². The molecule has 0 aromatic heterocycles. The van der Waals surface area contributed by atoms with Gasteiger partial charge in [0.05, 0.1) is 18.4 Å². The molecule has 0 amide bonds. The fraction of sp³-hybridized carbons (Fsp3) is 0.250. The van der Waals surface area contributed by atoms with Gasteiger partial charge in [0.1, 0.15) is 11.6 Å². The number of amidine groups is 1. The van der Waals surface area contributed by atoms with Gasteiger partial charge in [-0.15, -0.1) is 0 Å². The predicted octanol–water partition coefficient (Wildman–Crippen LogP) is 3.70. The molecule has 0 spiro atoms. The zero-order chi connectivity index (χ0) is 16.0. The van der Waals surface area contributed by atoms with Gasteiger partial charge in [0.25, 0.3) is 0 Å². The van der Waals surface area contributed by atoms with Crippen molar-refractivity contribution in [3.63, 3.8) is 0 Å². The van der Waals surface area contributed by atoms with E-state index in [1.807, 2.05) is 20.8 Å². The average Bonchev–Trinajstić information content (AvgIpc) is 2.44. The first kappa shape index (κ1) is 16.5. The summed E-state index contributed by atoms with van der Waals surface area (Å²) in [5.41, 5.74) is 2.77. The molecule has 0 aliphatic heterocycles. The van der Waals surface area contributed by atoms with Gasteiger partial charge in [-0.1, -0.05) is 12.2 Å². The number of nitrogens with one attached hydrogen (secondary N) is 1. The molecule has 0 unspecified atom stereocenters. The Balaban J connectivity index is 2.97. The molecule has 0 saturated carbocycles. The van der Waals surface area contributed by atoms with Crippen LogP contribution in [0.1, 0.15) is 31.1 Å². The first-order chi connectivity index (χ1) is 9.85. The first-order valence-corrected chi connectivity index (χ1v) is 6.40. The maximum Gasteiger partial charge on any atom is 0.335 e. The first-order valence-electron chi connectivity index (χ1n) is 6.40. The van der Waals surface area contributed by atoms with E-state index in [4.69, 9.17) is 9.84 Å². The number of aromatic carboxylic acids is 1. The summed E-state index contributed by atoms with van der Waals surface area (Å²) >= 11 is 0. The molecule has 0 heterocycles. The molecule has 0 bridgehead atoms. The fourth-order valence-electron chi connectivity index (χ4n) is 1.46. The van der Waals surface area contributed by atoms with Crippen molar-refractivity contribution in [1.29, 1.82) is 0 Å². The van der Waals surface area contributed by atoms with Crippen LogP contribution in [0.5, 0.6) is 5.75 Å². The lowest BCUT2D eigenvalue weighted by Gasteiger charge is -2.11. The average molecular weight is 288 g/mol. The van der Waals surface area contributed by atoms with Crippen molar-refractivity contribution in [1.82, 2.24) is 0 Å². The van der Waals surface area contributed by atoms with Crippen molar-refractivity contribution in [2.24, 2.45) is 4.99 Å². The summed E-state index contributed by atoms with van der Waals surface area (Å²) in [5, 5.41) is 12.0. The summed E-state index contributed by atoms with van der Waals surface area (Å²) in [5.74, 6) is 0.118. The van der Waals surface area contributed by atoms with Crippen LogP contribution in [0.4, 0.5) is 5.69 Å². The highest BCUT2D eigenvalue weighted by Gasteiger charge is 2.09. The molecule has 5 nitrogen and oxygen atoms in total. The van der Waals surface area contributed by atoms with Crippen molar-refractivity contribution in [3.8, 4) is 5.75 Å². The lowest BCUT2D eigenvalue weighted by Crippen LogP contribution is -2.08. The summed E-state index contributed by atoms with van der Waals surface area (Å²) < 4.78 is 5.19. The number of aliphatic imine (C=N–C) groups is 1. The van der Waals surface area contributed by atoms with E-state index in [9.17, 15) is 4.79 Å². The molecule has 0 radical (unpaired) electrons. The van der Waals surface area contributed by atoms with Crippen molar-refractivity contribution >= 4 is 17.5 Å². The maximum atomic E-state index is 10.9. The number of carboxylic acids is 1. The molecule has 0 saturated heterocycles. The Hall–Kier alpha value is -2.56. The molecule has 2 N–H and O–H groups in total. The number of methoxy groups -OCH3 is 1. The number of rotatable bonds is 5. The van der Waals surface area contributed by atoms with Crippen LogP contribution in [0.2, 0.25) is 0 Å². The summed E-state index contributed by atoms with van der Waals surface area (Å²) in [4.78, 5) is 15.2.